The Balaban J connectivity index is 1.91. The number of hydrogen-bond acceptors (Lipinski definition) is 6. The molecular weight excluding hydrogens is 310 g/mol. The van der Waals surface area contributed by atoms with Crippen molar-refractivity contribution in [1.82, 2.24) is 9.88 Å². The van der Waals surface area contributed by atoms with Gasteiger partial charge in [-0.2, -0.15) is 0 Å². The lowest BCUT2D eigenvalue weighted by Crippen LogP contribution is -2.40. The van der Waals surface area contributed by atoms with Gasteiger partial charge in [-0.05, 0) is 32.1 Å². The molecule has 1 saturated heterocycles. The molecule has 134 valence electrons. The van der Waals surface area contributed by atoms with Crippen LogP contribution in [0.4, 0.5) is 0 Å². The Morgan fingerprint density at radius 1 is 1.42 bits per heavy atom. The molecule has 0 saturated carbocycles. The van der Waals surface area contributed by atoms with Gasteiger partial charge < -0.3 is 19.8 Å². The van der Waals surface area contributed by atoms with Crippen molar-refractivity contribution in [1.29, 1.82) is 0 Å². The molecule has 24 heavy (non-hydrogen) atoms. The van der Waals surface area contributed by atoms with Gasteiger partial charge in [0.15, 0.2) is 5.69 Å². The highest BCUT2D eigenvalue weighted by molar-refractivity contribution is 5.92. The highest BCUT2D eigenvalue weighted by Gasteiger charge is 2.30. The molecular formula is C17H27N3O4. The lowest BCUT2D eigenvalue weighted by molar-refractivity contribution is -0.149. The largest absolute Gasteiger partial charge is 0.466 e. The van der Waals surface area contributed by atoms with E-state index in [0.717, 1.165) is 6.42 Å². The minimum Gasteiger partial charge on any atom is -0.466 e. The second kappa shape index (κ2) is 8.28. The third-order valence-electron chi connectivity index (χ3n) is 4.19. The number of amides is 1. The lowest BCUT2D eigenvalue weighted by atomic mass is 9.97. The van der Waals surface area contributed by atoms with E-state index in [-0.39, 0.29) is 29.5 Å². The third-order valence-corrected chi connectivity index (χ3v) is 4.19. The molecule has 0 aliphatic carbocycles. The number of carbonyl (C=O) groups is 2. The van der Waals surface area contributed by atoms with Crippen LogP contribution in [-0.4, -0.2) is 41.5 Å². The van der Waals surface area contributed by atoms with E-state index in [1.165, 1.54) is 6.26 Å². The fourth-order valence-corrected chi connectivity index (χ4v) is 2.91. The number of carbonyl (C=O) groups excluding carboxylic acids is 2. The van der Waals surface area contributed by atoms with Crippen LogP contribution in [0.2, 0.25) is 0 Å². The summed E-state index contributed by atoms with van der Waals surface area (Å²) in [5.74, 6) is 0.347. The molecule has 2 N–H and O–H groups in total. The molecule has 1 atom stereocenters. The maximum atomic E-state index is 12.5. The number of piperidine rings is 1. The molecule has 7 nitrogen and oxygen atoms in total. The lowest BCUT2D eigenvalue weighted by Gasteiger charge is -2.30. The summed E-state index contributed by atoms with van der Waals surface area (Å²) in [6.07, 6.45) is 3.35. The Morgan fingerprint density at radius 2 is 2.08 bits per heavy atom. The summed E-state index contributed by atoms with van der Waals surface area (Å²) in [6.45, 7) is 7.36. The summed E-state index contributed by atoms with van der Waals surface area (Å²) in [7, 11) is 0. The molecule has 0 radical (unpaired) electrons. The van der Waals surface area contributed by atoms with Crippen molar-refractivity contribution >= 4 is 11.9 Å². The second-order valence-electron chi connectivity index (χ2n) is 6.63. The number of nitrogens with two attached hydrogens (primary N) is 1. The number of nitrogens with zero attached hydrogens (tertiary/aromatic N) is 2. The molecule has 0 aromatic carbocycles. The van der Waals surface area contributed by atoms with Crippen LogP contribution in [-0.2, 0) is 9.53 Å². The van der Waals surface area contributed by atoms with Gasteiger partial charge >= 0.3 is 5.97 Å². The first-order valence-corrected chi connectivity index (χ1v) is 8.59. The van der Waals surface area contributed by atoms with Crippen molar-refractivity contribution in [2.45, 2.75) is 46.1 Å². The highest BCUT2D eigenvalue weighted by Crippen LogP contribution is 2.22. The molecule has 1 aliphatic heterocycles. The zero-order valence-electron chi connectivity index (χ0n) is 14.7. The minimum absolute atomic E-state index is 0.124. The number of ether oxygens (including phenoxy) is 1. The Bertz CT molecular complexity index is 562. The monoisotopic (exact) mass is 337 g/mol. The standard InChI is InChI=1S/C17H27N3O4/c1-4-23-17(22)12-5-7-20(8-6-12)16(21)14-10-24-15(19-14)13(18)9-11(2)3/h10-13H,4-9,18H2,1-3H3. The molecule has 0 bridgehead atoms. The Hall–Kier alpha value is -1.89. The molecule has 0 spiro atoms. The predicted octanol–water partition coefficient (Wildman–Crippen LogP) is 2.14. The van der Waals surface area contributed by atoms with Crippen LogP contribution >= 0.6 is 0 Å². The van der Waals surface area contributed by atoms with Gasteiger partial charge in [0.1, 0.15) is 6.26 Å². The Kier molecular flexibility index (Phi) is 6.36. The average Bonchev–Trinajstić information content (AvgIpc) is 3.04. The number of likely N-dealkylation sites (tertiary alicyclic amines) is 1. The minimum atomic E-state index is -0.305. The van der Waals surface area contributed by atoms with Crippen molar-refractivity contribution in [2.24, 2.45) is 17.6 Å². The summed E-state index contributed by atoms with van der Waals surface area (Å²) in [4.78, 5) is 30.2. The van der Waals surface area contributed by atoms with Gasteiger partial charge in [-0.1, -0.05) is 13.8 Å². The van der Waals surface area contributed by atoms with Gasteiger partial charge in [-0.15, -0.1) is 0 Å². The van der Waals surface area contributed by atoms with Crippen molar-refractivity contribution < 1.29 is 18.7 Å². The summed E-state index contributed by atoms with van der Waals surface area (Å²) < 4.78 is 10.4. The van der Waals surface area contributed by atoms with E-state index in [9.17, 15) is 9.59 Å². The number of oxazole rings is 1. The normalized spacial score (nSPS) is 17.1. The number of rotatable bonds is 6. The summed E-state index contributed by atoms with van der Waals surface area (Å²) >= 11 is 0. The van der Waals surface area contributed by atoms with Gasteiger partial charge in [-0.3, -0.25) is 9.59 Å². The highest BCUT2D eigenvalue weighted by atomic mass is 16.5. The van der Waals surface area contributed by atoms with E-state index >= 15 is 0 Å². The van der Waals surface area contributed by atoms with Gasteiger partial charge in [0, 0.05) is 13.1 Å². The fraction of sp³-hybridized carbons (Fsp3) is 0.706. The first kappa shape index (κ1) is 18.4. The van der Waals surface area contributed by atoms with Gasteiger partial charge in [0.25, 0.3) is 5.91 Å². The molecule has 7 heteroatoms. The van der Waals surface area contributed by atoms with Crippen molar-refractivity contribution in [2.75, 3.05) is 19.7 Å². The van der Waals surface area contributed by atoms with Crippen molar-refractivity contribution in [3.63, 3.8) is 0 Å². The van der Waals surface area contributed by atoms with Gasteiger partial charge in [0.05, 0.1) is 18.6 Å². The molecule has 1 amide bonds. The van der Waals surface area contributed by atoms with E-state index in [1.54, 1.807) is 11.8 Å². The summed E-state index contributed by atoms with van der Waals surface area (Å²) in [6, 6.07) is -0.305. The van der Waals surface area contributed by atoms with E-state index in [0.29, 0.717) is 44.3 Å². The predicted molar refractivity (Wildman–Crippen MR) is 88.1 cm³/mol. The van der Waals surface area contributed by atoms with Crippen molar-refractivity contribution in [3.8, 4) is 0 Å². The quantitative estimate of drug-likeness (QED) is 0.799. The molecule has 1 unspecified atom stereocenters. The molecule has 2 rings (SSSR count). The van der Waals surface area contributed by atoms with Crippen LogP contribution < -0.4 is 5.73 Å². The fourth-order valence-electron chi connectivity index (χ4n) is 2.91. The van der Waals surface area contributed by atoms with Crippen LogP contribution in [0.3, 0.4) is 0 Å². The zero-order valence-corrected chi connectivity index (χ0v) is 14.7. The molecule has 1 aromatic rings. The summed E-state index contributed by atoms with van der Waals surface area (Å²) in [5.41, 5.74) is 6.31. The number of aromatic nitrogens is 1. The molecule has 1 aromatic heterocycles. The zero-order chi connectivity index (χ0) is 17.7. The van der Waals surface area contributed by atoms with Crippen LogP contribution in [0.1, 0.15) is 62.5 Å². The van der Waals surface area contributed by atoms with Gasteiger partial charge in [0.2, 0.25) is 5.89 Å². The first-order chi connectivity index (χ1) is 11.4. The van der Waals surface area contributed by atoms with Crippen LogP contribution in [0.5, 0.6) is 0 Å². The molecule has 2 heterocycles. The Morgan fingerprint density at radius 3 is 2.67 bits per heavy atom. The van der Waals surface area contributed by atoms with Crippen LogP contribution in [0, 0.1) is 11.8 Å². The average molecular weight is 337 g/mol. The SMILES string of the molecule is CCOC(=O)C1CCN(C(=O)c2coc(C(N)CC(C)C)n2)CC1. The topological polar surface area (TPSA) is 98.7 Å². The number of hydrogen-bond donors (Lipinski definition) is 1. The van der Waals surface area contributed by atoms with E-state index in [1.807, 2.05) is 0 Å². The number of esters is 1. The van der Waals surface area contributed by atoms with Gasteiger partial charge in [-0.25, -0.2) is 4.98 Å². The first-order valence-electron chi connectivity index (χ1n) is 8.59. The third kappa shape index (κ3) is 4.56. The van der Waals surface area contributed by atoms with Crippen molar-refractivity contribution in [3.05, 3.63) is 17.8 Å². The summed E-state index contributed by atoms with van der Waals surface area (Å²) in [5, 5.41) is 0. The second-order valence-corrected chi connectivity index (χ2v) is 6.63. The maximum absolute atomic E-state index is 12.5. The van der Waals surface area contributed by atoms with Crippen LogP contribution in [0.25, 0.3) is 0 Å². The molecule has 1 fully saturated rings. The van der Waals surface area contributed by atoms with E-state index < -0.39 is 0 Å². The van der Waals surface area contributed by atoms with E-state index in [2.05, 4.69) is 18.8 Å². The maximum Gasteiger partial charge on any atom is 0.309 e. The van der Waals surface area contributed by atoms with E-state index in [4.69, 9.17) is 14.9 Å². The van der Waals surface area contributed by atoms with Crippen LogP contribution in [0.15, 0.2) is 10.7 Å². The molecule has 1 aliphatic rings. The smallest absolute Gasteiger partial charge is 0.309 e. The Labute approximate surface area is 142 Å².